The standard InChI is InChI=1S/C18H30O/c1-4-5-6-7-8-10-13-16(2)18(3,19)17-14-11-9-12-15-17/h9,11-12,14-16,19H,4-8,10,13H2,1-3H3. The summed E-state index contributed by atoms with van der Waals surface area (Å²) in [7, 11) is 0. The second-order valence-corrected chi connectivity index (χ2v) is 5.97. The minimum absolute atomic E-state index is 0.307. The molecule has 0 aliphatic rings. The molecule has 108 valence electrons. The van der Waals surface area contributed by atoms with E-state index in [1.165, 1.54) is 38.5 Å². The molecule has 0 saturated heterocycles. The molecular weight excluding hydrogens is 232 g/mol. The second kappa shape index (κ2) is 8.37. The van der Waals surface area contributed by atoms with Crippen molar-refractivity contribution in [2.45, 2.75) is 71.3 Å². The summed E-state index contributed by atoms with van der Waals surface area (Å²) in [6.07, 6.45) is 9.00. The highest BCUT2D eigenvalue weighted by atomic mass is 16.3. The van der Waals surface area contributed by atoms with Crippen LogP contribution in [0.5, 0.6) is 0 Å². The minimum Gasteiger partial charge on any atom is -0.385 e. The molecular formula is C18H30O. The number of aliphatic hydroxyl groups is 1. The summed E-state index contributed by atoms with van der Waals surface area (Å²) in [6, 6.07) is 10.1. The van der Waals surface area contributed by atoms with Crippen LogP contribution < -0.4 is 0 Å². The molecule has 0 aromatic heterocycles. The Morgan fingerprint density at radius 1 is 1.00 bits per heavy atom. The molecule has 0 spiro atoms. The summed E-state index contributed by atoms with van der Waals surface area (Å²) in [4.78, 5) is 0. The topological polar surface area (TPSA) is 20.2 Å². The maximum atomic E-state index is 10.7. The minimum atomic E-state index is -0.704. The fourth-order valence-corrected chi connectivity index (χ4v) is 2.57. The maximum absolute atomic E-state index is 10.7. The number of benzene rings is 1. The summed E-state index contributed by atoms with van der Waals surface area (Å²) in [6.45, 7) is 6.36. The molecule has 0 bridgehead atoms. The molecule has 1 rings (SSSR count). The smallest absolute Gasteiger partial charge is 0.0893 e. The lowest BCUT2D eigenvalue weighted by Crippen LogP contribution is -2.29. The highest BCUT2D eigenvalue weighted by molar-refractivity contribution is 5.22. The van der Waals surface area contributed by atoms with Gasteiger partial charge in [0, 0.05) is 0 Å². The molecule has 1 aromatic rings. The molecule has 1 N–H and O–H groups in total. The van der Waals surface area contributed by atoms with Gasteiger partial charge in [0.2, 0.25) is 0 Å². The van der Waals surface area contributed by atoms with Crippen LogP contribution in [0.2, 0.25) is 0 Å². The average molecular weight is 262 g/mol. The Morgan fingerprint density at radius 2 is 1.58 bits per heavy atom. The number of hydrogen-bond acceptors (Lipinski definition) is 1. The van der Waals surface area contributed by atoms with Crippen molar-refractivity contribution < 1.29 is 5.11 Å². The van der Waals surface area contributed by atoms with E-state index in [-0.39, 0.29) is 0 Å². The monoisotopic (exact) mass is 262 g/mol. The van der Waals surface area contributed by atoms with Crippen LogP contribution in [0.25, 0.3) is 0 Å². The molecule has 0 aliphatic carbocycles. The highest BCUT2D eigenvalue weighted by Crippen LogP contribution is 2.32. The Kier molecular flexibility index (Phi) is 7.15. The first-order valence-electron chi connectivity index (χ1n) is 7.87. The van der Waals surface area contributed by atoms with Crippen LogP contribution in [-0.2, 0) is 5.60 Å². The van der Waals surface area contributed by atoms with Crippen molar-refractivity contribution in [2.75, 3.05) is 0 Å². The third-order valence-electron chi connectivity index (χ3n) is 4.31. The van der Waals surface area contributed by atoms with Crippen molar-refractivity contribution >= 4 is 0 Å². The lowest BCUT2D eigenvalue weighted by molar-refractivity contribution is -0.00290. The van der Waals surface area contributed by atoms with Crippen LogP contribution in [0, 0.1) is 5.92 Å². The van der Waals surface area contributed by atoms with Gasteiger partial charge in [-0.3, -0.25) is 0 Å². The van der Waals surface area contributed by atoms with E-state index in [0.717, 1.165) is 12.0 Å². The first-order chi connectivity index (χ1) is 9.09. The predicted octanol–water partition coefficient (Wildman–Crippen LogP) is 5.28. The Labute approximate surface area is 119 Å². The molecule has 1 aromatic carbocycles. The molecule has 0 radical (unpaired) electrons. The van der Waals surface area contributed by atoms with Crippen LogP contribution in [0.1, 0.15) is 71.3 Å². The summed E-state index contributed by atoms with van der Waals surface area (Å²) in [5, 5.41) is 10.7. The third-order valence-corrected chi connectivity index (χ3v) is 4.31. The molecule has 0 saturated carbocycles. The van der Waals surface area contributed by atoms with Gasteiger partial charge in [-0.15, -0.1) is 0 Å². The van der Waals surface area contributed by atoms with Gasteiger partial charge in [-0.05, 0) is 24.8 Å². The van der Waals surface area contributed by atoms with Gasteiger partial charge in [-0.2, -0.15) is 0 Å². The van der Waals surface area contributed by atoms with Crippen LogP contribution in [0.4, 0.5) is 0 Å². The zero-order valence-electron chi connectivity index (χ0n) is 12.9. The Bertz CT molecular complexity index is 329. The van der Waals surface area contributed by atoms with E-state index in [4.69, 9.17) is 0 Å². The fourth-order valence-electron chi connectivity index (χ4n) is 2.57. The van der Waals surface area contributed by atoms with Crippen molar-refractivity contribution in [1.82, 2.24) is 0 Å². The van der Waals surface area contributed by atoms with E-state index in [1.807, 2.05) is 37.3 Å². The molecule has 0 amide bonds. The van der Waals surface area contributed by atoms with Crippen molar-refractivity contribution in [1.29, 1.82) is 0 Å². The molecule has 2 unspecified atom stereocenters. The fraction of sp³-hybridized carbons (Fsp3) is 0.667. The highest BCUT2D eigenvalue weighted by Gasteiger charge is 2.29. The zero-order valence-corrected chi connectivity index (χ0v) is 12.9. The van der Waals surface area contributed by atoms with Gasteiger partial charge in [0.05, 0.1) is 5.60 Å². The van der Waals surface area contributed by atoms with Gasteiger partial charge in [0.25, 0.3) is 0 Å². The van der Waals surface area contributed by atoms with Crippen molar-refractivity contribution in [3.8, 4) is 0 Å². The van der Waals surface area contributed by atoms with Gasteiger partial charge >= 0.3 is 0 Å². The number of hydrogen-bond donors (Lipinski definition) is 1. The Hall–Kier alpha value is -0.820. The average Bonchev–Trinajstić information content (AvgIpc) is 2.43. The van der Waals surface area contributed by atoms with E-state index >= 15 is 0 Å². The molecule has 1 heteroatoms. The lowest BCUT2D eigenvalue weighted by Gasteiger charge is -2.31. The van der Waals surface area contributed by atoms with E-state index < -0.39 is 5.60 Å². The molecule has 0 fully saturated rings. The van der Waals surface area contributed by atoms with E-state index in [2.05, 4.69) is 13.8 Å². The third kappa shape index (κ3) is 5.36. The number of rotatable bonds is 9. The Balaban J connectivity index is 2.34. The lowest BCUT2D eigenvalue weighted by atomic mass is 9.81. The van der Waals surface area contributed by atoms with E-state index in [9.17, 15) is 5.11 Å². The van der Waals surface area contributed by atoms with Crippen LogP contribution in [0.15, 0.2) is 30.3 Å². The zero-order chi connectivity index (χ0) is 14.1. The molecule has 1 nitrogen and oxygen atoms in total. The van der Waals surface area contributed by atoms with Crippen LogP contribution in [0.3, 0.4) is 0 Å². The van der Waals surface area contributed by atoms with Crippen LogP contribution >= 0.6 is 0 Å². The largest absolute Gasteiger partial charge is 0.385 e. The molecule has 19 heavy (non-hydrogen) atoms. The van der Waals surface area contributed by atoms with Gasteiger partial charge in [-0.1, -0.05) is 82.7 Å². The normalized spacial score (nSPS) is 16.0. The van der Waals surface area contributed by atoms with Gasteiger partial charge in [0.15, 0.2) is 0 Å². The van der Waals surface area contributed by atoms with Crippen LogP contribution in [-0.4, -0.2) is 5.11 Å². The summed E-state index contributed by atoms with van der Waals surface area (Å²) >= 11 is 0. The first kappa shape index (κ1) is 16.2. The van der Waals surface area contributed by atoms with E-state index in [1.54, 1.807) is 0 Å². The van der Waals surface area contributed by atoms with Gasteiger partial charge in [-0.25, -0.2) is 0 Å². The number of unbranched alkanes of at least 4 members (excludes halogenated alkanes) is 5. The quantitative estimate of drug-likeness (QED) is 0.600. The SMILES string of the molecule is CCCCCCCCC(C)C(C)(O)c1ccccc1. The summed E-state index contributed by atoms with van der Waals surface area (Å²) < 4.78 is 0. The van der Waals surface area contributed by atoms with Crippen molar-refractivity contribution in [3.05, 3.63) is 35.9 Å². The Morgan fingerprint density at radius 3 is 2.21 bits per heavy atom. The molecule has 2 atom stereocenters. The second-order valence-electron chi connectivity index (χ2n) is 5.97. The first-order valence-corrected chi connectivity index (χ1v) is 7.87. The predicted molar refractivity (Wildman–Crippen MR) is 83.2 cm³/mol. The van der Waals surface area contributed by atoms with Gasteiger partial charge in [0.1, 0.15) is 0 Å². The van der Waals surface area contributed by atoms with Crippen molar-refractivity contribution in [3.63, 3.8) is 0 Å². The summed E-state index contributed by atoms with van der Waals surface area (Å²) in [5.74, 6) is 0.307. The van der Waals surface area contributed by atoms with Gasteiger partial charge < -0.3 is 5.11 Å². The summed E-state index contributed by atoms with van der Waals surface area (Å²) in [5.41, 5.74) is 0.332. The maximum Gasteiger partial charge on any atom is 0.0893 e. The molecule has 0 heterocycles. The van der Waals surface area contributed by atoms with Crippen molar-refractivity contribution in [2.24, 2.45) is 5.92 Å². The molecule has 0 aliphatic heterocycles. The van der Waals surface area contributed by atoms with E-state index in [0.29, 0.717) is 5.92 Å².